The van der Waals surface area contributed by atoms with Crippen LogP contribution in [0.3, 0.4) is 0 Å². The summed E-state index contributed by atoms with van der Waals surface area (Å²) in [5.74, 6) is -1.13. The van der Waals surface area contributed by atoms with Crippen molar-refractivity contribution in [3.8, 4) is 0 Å². The number of hydrogen-bond acceptors (Lipinski definition) is 3. The second-order valence-electron chi connectivity index (χ2n) is 3.32. The fourth-order valence-electron chi connectivity index (χ4n) is 0.489. The van der Waals surface area contributed by atoms with Gasteiger partial charge >= 0.3 is 12.1 Å². The number of aliphatic carboxylic acids is 1. The van der Waals surface area contributed by atoms with Crippen LogP contribution in [-0.4, -0.2) is 22.8 Å². The fraction of sp³-hybridized carbons (Fsp3) is 0.500. The minimum absolute atomic E-state index is 0.582. The lowest BCUT2D eigenvalue weighted by Crippen LogP contribution is -2.29. The van der Waals surface area contributed by atoms with Gasteiger partial charge in [0.15, 0.2) is 0 Å². The summed E-state index contributed by atoms with van der Waals surface area (Å²) in [5, 5.41) is 10.3. The van der Waals surface area contributed by atoms with Crippen molar-refractivity contribution < 1.29 is 19.4 Å². The molecular weight excluding hydrogens is 174 g/mol. The Balaban J connectivity index is 3.83. The third-order valence-corrected chi connectivity index (χ3v) is 0.826. The molecular formula is C8H13NO4. The zero-order valence-corrected chi connectivity index (χ0v) is 7.83. The first-order valence-corrected chi connectivity index (χ1v) is 3.70. The van der Waals surface area contributed by atoms with Crippen molar-refractivity contribution >= 4 is 12.1 Å². The zero-order chi connectivity index (χ0) is 10.5. The van der Waals surface area contributed by atoms with Crippen molar-refractivity contribution in [2.24, 2.45) is 0 Å². The maximum absolute atomic E-state index is 10.9. The highest BCUT2D eigenvalue weighted by Gasteiger charge is 2.14. The molecule has 0 fully saturated rings. The van der Waals surface area contributed by atoms with Gasteiger partial charge in [-0.15, -0.1) is 0 Å². The SMILES string of the molecule is CC(C)(C)OC(=O)NC=CC(=O)O. The molecule has 0 aromatic heterocycles. The molecule has 0 bridgehead atoms. The van der Waals surface area contributed by atoms with Gasteiger partial charge in [0.25, 0.3) is 0 Å². The van der Waals surface area contributed by atoms with Crippen LogP contribution in [0, 0.1) is 0 Å². The molecule has 0 saturated carbocycles. The van der Waals surface area contributed by atoms with E-state index in [2.05, 4.69) is 5.32 Å². The Labute approximate surface area is 76.4 Å². The number of carbonyl (C=O) groups is 2. The predicted octanol–water partition coefficient (Wildman–Crippen LogP) is 1.11. The number of hydrogen-bond donors (Lipinski definition) is 2. The van der Waals surface area contributed by atoms with Gasteiger partial charge in [-0.25, -0.2) is 9.59 Å². The molecule has 0 aliphatic heterocycles. The molecule has 2 N–H and O–H groups in total. The number of carbonyl (C=O) groups excluding carboxylic acids is 1. The number of ether oxygens (including phenoxy) is 1. The Morgan fingerprint density at radius 1 is 1.38 bits per heavy atom. The molecule has 0 unspecified atom stereocenters. The number of carboxylic acid groups (broad SMARTS) is 1. The van der Waals surface area contributed by atoms with E-state index in [4.69, 9.17) is 9.84 Å². The molecule has 0 radical (unpaired) electrons. The van der Waals surface area contributed by atoms with E-state index in [-0.39, 0.29) is 0 Å². The second kappa shape index (κ2) is 4.49. The van der Waals surface area contributed by atoms with Gasteiger partial charge in [0, 0.05) is 12.3 Å². The van der Waals surface area contributed by atoms with Gasteiger partial charge in [0.05, 0.1) is 0 Å². The Hall–Kier alpha value is -1.52. The molecule has 0 rings (SSSR count). The Bertz CT molecular complexity index is 227. The maximum atomic E-state index is 10.9. The van der Waals surface area contributed by atoms with Gasteiger partial charge in [0.1, 0.15) is 5.60 Å². The Kier molecular flexibility index (Phi) is 3.97. The van der Waals surface area contributed by atoms with E-state index in [1.807, 2.05) is 0 Å². The molecule has 1 amide bonds. The number of alkyl carbamates (subject to hydrolysis) is 1. The van der Waals surface area contributed by atoms with Crippen molar-refractivity contribution in [1.29, 1.82) is 0 Å². The molecule has 74 valence electrons. The third-order valence-electron chi connectivity index (χ3n) is 0.826. The van der Waals surface area contributed by atoms with E-state index in [9.17, 15) is 9.59 Å². The van der Waals surface area contributed by atoms with Crippen molar-refractivity contribution in [2.75, 3.05) is 0 Å². The largest absolute Gasteiger partial charge is 0.478 e. The summed E-state index contributed by atoms with van der Waals surface area (Å²) in [5.41, 5.74) is -0.582. The summed E-state index contributed by atoms with van der Waals surface area (Å²) in [6, 6.07) is 0. The summed E-state index contributed by atoms with van der Waals surface area (Å²) >= 11 is 0. The van der Waals surface area contributed by atoms with E-state index < -0.39 is 17.7 Å². The van der Waals surface area contributed by atoms with Crippen LogP contribution in [0.5, 0.6) is 0 Å². The van der Waals surface area contributed by atoms with Gasteiger partial charge in [-0.3, -0.25) is 5.32 Å². The van der Waals surface area contributed by atoms with Gasteiger partial charge < -0.3 is 9.84 Å². The molecule has 0 aromatic rings. The Morgan fingerprint density at radius 3 is 2.31 bits per heavy atom. The van der Waals surface area contributed by atoms with E-state index in [0.717, 1.165) is 12.3 Å². The lowest BCUT2D eigenvalue weighted by atomic mass is 10.2. The highest BCUT2D eigenvalue weighted by Crippen LogP contribution is 2.05. The van der Waals surface area contributed by atoms with Crippen LogP contribution in [-0.2, 0) is 9.53 Å². The highest BCUT2D eigenvalue weighted by molar-refractivity contribution is 5.80. The molecule has 0 aromatic carbocycles. The topological polar surface area (TPSA) is 75.6 Å². The smallest absolute Gasteiger partial charge is 0.411 e. The second-order valence-corrected chi connectivity index (χ2v) is 3.32. The molecule has 0 aliphatic rings. The highest BCUT2D eigenvalue weighted by atomic mass is 16.6. The molecule has 5 heteroatoms. The van der Waals surface area contributed by atoms with Crippen LogP contribution < -0.4 is 5.32 Å². The summed E-state index contributed by atoms with van der Waals surface area (Å²) in [7, 11) is 0. The van der Waals surface area contributed by atoms with Crippen LogP contribution in [0.2, 0.25) is 0 Å². The van der Waals surface area contributed by atoms with E-state index in [1.54, 1.807) is 20.8 Å². The quantitative estimate of drug-likeness (QED) is 0.635. The lowest BCUT2D eigenvalue weighted by molar-refractivity contribution is -0.131. The Morgan fingerprint density at radius 2 is 1.92 bits per heavy atom. The predicted molar refractivity (Wildman–Crippen MR) is 46.1 cm³/mol. The molecule has 5 nitrogen and oxygen atoms in total. The summed E-state index contributed by atoms with van der Waals surface area (Å²) in [6.07, 6.45) is 1.14. The molecule has 0 aliphatic carbocycles. The summed E-state index contributed by atoms with van der Waals surface area (Å²) in [4.78, 5) is 20.8. The van der Waals surface area contributed by atoms with Crippen LogP contribution in [0.1, 0.15) is 20.8 Å². The first-order valence-electron chi connectivity index (χ1n) is 3.70. The van der Waals surface area contributed by atoms with Crippen molar-refractivity contribution in [3.05, 3.63) is 12.3 Å². The minimum Gasteiger partial charge on any atom is -0.478 e. The molecule has 0 saturated heterocycles. The number of amides is 1. The van der Waals surface area contributed by atoms with Crippen molar-refractivity contribution in [1.82, 2.24) is 5.32 Å². The van der Waals surface area contributed by atoms with Gasteiger partial charge in [0.2, 0.25) is 0 Å². The zero-order valence-electron chi connectivity index (χ0n) is 7.83. The normalized spacial score (nSPS) is 11.3. The van der Waals surface area contributed by atoms with E-state index in [1.165, 1.54) is 0 Å². The van der Waals surface area contributed by atoms with Gasteiger partial charge in [-0.05, 0) is 20.8 Å². The standard InChI is InChI=1S/C8H13NO4/c1-8(2,3)13-7(12)9-5-4-6(10)11/h4-5H,1-3H3,(H,9,12)(H,10,11). The molecule has 0 atom stereocenters. The maximum Gasteiger partial charge on any atom is 0.411 e. The average Bonchev–Trinajstić information content (AvgIpc) is 1.81. The third kappa shape index (κ3) is 8.39. The van der Waals surface area contributed by atoms with Crippen LogP contribution in [0.25, 0.3) is 0 Å². The van der Waals surface area contributed by atoms with Gasteiger partial charge in [-0.1, -0.05) is 0 Å². The molecule has 13 heavy (non-hydrogen) atoms. The lowest BCUT2D eigenvalue weighted by Gasteiger charge is -2.18. The van der Waals surface area contributed by atoms with Crippen molar-refractivity contribution in [2.45, 2.75) is 26.4 Å². The number of carboxylic acids is 1. The van der Waals surface area contributed by atoms with Crippen molar-refractivity contribution in [3.63, 3.8) is 0 Å². The summed E-state index contributed by atoms with van der Waals surface area (Å²) < 4.78 is 4.83. The minimum atomic E-state index is -1.13. The molecule has 0 spiro atoms. The first kappa shape index (κ1) is 11.5. The van der Waals surface area contributed by atoms with E-state index in [0.29, 0.717) is 0 Å². The van der Waals surface area contributed by atoms with Crippen LogP contribution in [0.15, 0.2) is 12.3 Å². The van der Waals surface area contributed by atoms with Crippen LogP contribution >= 0.6 is 0 Å². The first-order chi connectivity index (χ1) is 5.81. The number of nitrogens with one attached hydrogen (secondary N) is 1. The number of rotatable bonds is 2. The fourth-order valence-corrected chi connectivity index (χ4v) is 0.489. The van der Waals surface area contributed by atoms with Gasteiger partial charge in [-0.2, -0.15) is 0 Å². The molecule has 0 heterocycles. The summed E-state index contributed by atoms with van der Waals surface area (Å²) in [6.45, 7) is 5.15. The monoisotopic (exact) mass is 187 g/mol. The average molecular weight is 187 g/mol. The van der Waals surface area contributed by atoms with Crippen LogP contribution in [0.4, 0.5) is 4.79 Å². The van der Waals surface area contributed by atoms with E-state index >= 15 is 0 Å².